The first kappa shape index (κ1) is 34.7. The summed E-state index contributed by atoms with van der Waals surface area (Å²) in [5.74, 6) is 0. The van der Waals surface area contributed by atoms with Crippen LogP contribution in [0.4, 0.5) is 4.79 Å². The third-order valence-electron chi connectivity index (χ3n) is 5.30. The molecule has 0 amide bonds. The summed E-state index contributed by atoms with van der Waals surface area (Å²) in [5.41, 5.74) is 0. The van der Waals surface area contributed by atoms with Crippen LogP contribution in [0, 0.1) is 0 Å². The van der Waals surface area contributed by atoms with Crippen LogP contribution >= 0.6 is 15.8 Å². The summed E-state index contributed by atoms with van der Waals surface area (Å²) in [4.78, 5) is 8.33. The molecule has 0 aliphatic carbocycles. The molecule has 184 valence electrons. The molecule has 5 heteroatoms. The highest BCUT2D eigenvalue weighted by atomic mass is 31.1. The standard InChI is InChI=1S/2C12H27P.CH2O3/c2*1-4-7-10-13(11-8-5-2)12-9-6-3;2-1(3)4/h2*4-12H2,1-3H3;(H2,2,3,4). The highest BCUT2D eigenvalue weighted by Gasteiger charge is 2.13. The van der Waals surface area contributed by atoms with Gasteiger partial charge in [0.25, 0.3) is 0 Å². The van der Waals surface area contributed by atoms with Crippen molar-refractivity contribution in [2.45, 2.75) is 119 Å². The molecule has 0 aromatic carbocycles. The van der Waals surface area contributed by atoms with E-state index in [1.165, 1.54) is 77.0 Å². The van der Waals surface area contributed by atoms with Crippen LogP contribution in [-0.4, -0.2) is 43.1 Å². The van der Waals surface area contributed by atoms with Crippen molar-refractivity contribution in [1.29, 1.82) is 0 Å². The summed E-state index contributed by atoms with van der Waals surface area (Å²) in [6.07, 6.45) is 24.5. The van der Waals surface area contributed by atoms with Crippen molar-refractivity contribution in [1.82, 2.24) is 0 Å². The quantitative estimate of drug-likeness (QED) is 0.210. The van der Waals surface area contributed by atoms with Crippen LogP contribution in [0.3, 0.4) is 0 Å². The molecule has 0 atom stereocenters. The molecule has 3 nitrogen and oxygen atoms in total. The lowest BCUT2D eigenvalue weighted by atomic mass is 10.4. The van der Waals surface area contributed by atoms with Crippen LogP contribution in [0.2, 0.25) is 0 Å². The molecule has 0 bridgehead atoms. The molecule has 0 rings (SSSR count). The van der Waals surface area contributed by atoms with E-state index in [1.54, 1.807) is 37.0 Å². The number of carbonyl (C=O) groups excluding carboxylic acids is 1. The van der Waals surface area contributed by atoms with Gasteiger partial charge in [-0.05, 0) is 44.7 Å². The van der Waals surface area contributed by atoms with Gasteiger partial charge in [0.2, 0.25) is 0 Å². The summed E-state index contributed by atoms with van der Waals surface area (Å²) in [6.45, 7) is 13.9. The third kappa shape index (κ3) is 35.6. The van der Waals surface area contributed by atoms with Crippen LogP contribution in [0.1, 0.15) is 119 Å². The van der Waals surface area contributed by atoms with E-state index in [2.05, 4.69) is 41.5 Å². The van der Waals surface area contributed by atoms with Crippen LogP contribution in [0.25, 0.3) is 0 Å². The van der Waals surface area contributed by atoms with Crippen molar-refractivity contribution in [2.75, 3.05) is 37.0 Å². The molecule has 30 heavy (non-hydrogen) atoms. The van der Waals surface area contributed by atoms with E-state index in [0.717, 1.165) is 0 Å². The number of hydrogen-bond acceptors (Lipinski definition) is 3. The van der Waals surface area contributed by atoms with Gasteiger partial charge in [0.15, 0.2) is 0 Å². The minimum Gasteiger partial charge on any atom is -0.652 e. The third-order valence-corrected chi connectivity index (χ3v) is 11.7. The Morgan fingerprint density at radius 1 is 0.467 bits per heavy atom. The Bertz CT molecular complexity index is 249. The maximum absolute atomic E-state index is 8.33. The number of unbranched alkanes of at least 4 members (excludes halogenated alkanes) is 6. The zero-order chi connectivity index (χ0) is 23.5. The van der Waals surface area contributed by atoms with E-state index in [-0.39, 0.29) is 15.8 Å². The Kier molecular flexibility index (Phi) is 36.3. The van der Waals surface area contributed by atoms with Gasteiger partial charge in [0.1, 0.15) is 0 Å². The largest absolute Gasteiger partial charge is 0.652 e. The number of carboxylic acid groups (broad SMARTS) is 2. The average molecular weight is 467 g/mol. The highest BCUT2D eigenvalue weighted by molar-refractivity contribution is 7.57. The summed E-state index contributed by atoms with van der Waals surface area (Å²) in [5, 5.41) is 16.7. The molecule has 0 fully saturated rings. The van der Waals surface area contributed by atoms with E-state index in [9.17, 15) is 0 Å². The summed E-state index contributed by atoms with van der Waals surface area (Å²) in [6, 6.07) is 0. The lowest BCUT2D eigenvalue weighted by Crippen LogP contribution is -2.37. The topological polar surface area (TPSA) is 63.2 Å². The molecule has 0 N–H and O–H groups in total. The van der Waals surface area contributed by atoms with Gasteiger partial charge < -0.3 is 15.0 Å². The Morgan fingerprint density at radius 3 is 0.700 bits per heavy atom. The van der Waals surface area contributed by atoms with Crippen LogP contribution < -0.4 is 10.2 Å². The zero-order valence-corrected chi connectivity index (χ0v) is 23.5. The molecule has 0 aliphatic rings. The number of hydrogen-bond donors (Lipinski definition) is 0. The monoisotopic (exact) mass is 466 g/mol. The van der Waals surface area contributed by atoms with Gasteiger partial charge in [-0.25, -0.2) is 0 Å². The lowest BCUT2D eigenvalue weighted by Gasteiger charge is -2.09. The Hall–Kier alpha value is 0.130. The molecule has 0 heterocycles. The fourth-order valence-electron chi connectivity index (χ4n) is 3.31. The number of carbonyl (C=O) groups is 1. The van der Waals surface area contributed by atoms with Gasteiger partial charge in [-0.2, -0.15) is 0 Å². The minimum atomic E-state index is -2.33. The molecule has 0 saturated carbocycles. The van der Waals surface area contributed by atoms with Gasteiger partial charge in [-0.1, -0.05) is 80.1 Å². The second-order valence-corrected chi connectivity index (χ2v) is 14.4. The SMILES string of the molecule is CCCC[PH+](CCCC)CCCC.CCCC[PH+](CCCC)CCCC.O=C([O-])[O-]. The predicted molar refractivity (Wildman–Crippen MR) is 141 cm³/mol. The van der Waals surface area contributed by atoms with Crippen molar-refractivity contribution in [3.63, 3.8) is 0 Å². The van der Waals surface area contributed by atoms with E-state index in [4.69, 9.17) is 15.0 Å². The van der Waals surface area contributed by atoms with E-state index >= 15 is 0 Å². The molecule has 0 radical (unpaired) electrons. The lowest BCUT2D eigenvalue weighted by molar-refractivity contribution is -0.415. The summed E-state index contributed by atoms with van der Waals surface area (Å²) < 4.78 is 0. The predicted octanol–water partition coefficient (Wildman–Crippen LogP) is 6.75. The smallest absolute Gasteiger partial charge is 0.0571 e. The molecular weight excluding hydrogens is 410 g/mol. The summed E-state index contributed by atoms with van der Waals surface area (Å²) >= 11 is 0. The fraction of sp³-hybridized carbons (Fsp3) is 0.960. The molecule has 0 aromatic rings. The second kappa shape index (κ2) is 31.3. The van der Waals surface area contributed by atoms with Gasteiger partial charge in [0.05, 0.1) is 37.0 Å². The molecular formula is C25H56O3P2. The van der Waals surface area contributed by atoms with Crippen LogP contribution in [0.15, 0.2) is 0 Å². The second-order valence-electron chi connectivity index (χ2n) is 8.37. The molecule has 0 aromatic heterocycles. The van der Waals surface area contributed by atoms with Crippen LogP contribution in [0.5, 0.6) is 0 Å². The van der Waals surface area contributed by atoms with Crippen molar-refractivity contribution in [3.8, 4) is 0 Å². The molecule has 0 unspecified atom stereocenters. The minimum absolute atomic E-state index is 0.0675. The first-order valence-corrected chi connectivity index (χ1v) is 17.2. The van der Waals surface area contributed by atoms with Crippen molar-refractivity contribution < 1.29 is 15.0 Å². The Morgan fingerprint density at radius 2 is 0.600 bits per heavy atom. The molecule has 0 aliphatic heterocycles. The highest BCUT2D eigenvalue weighted by Crippen LogP contribution is 2.39. The van der Waals surface area contributed by atoms with E-state index in [0.29, 0.717) is 0 Å². The van der Waals surface area contributed by atoms with Crippen molar-refractivity contribution in [3.05, 3.63) is 0 Å². The normalized spacial score (nSPS) is 10.4. The summed E-state index contributed by atoms with van der Waals surface area (Å²) in [7, 11) is 0.135. The Balaban J connectivity index is -0.000000412. The number of rotatable bonds is 18. The first-order valence-electron chi connectivity index (χ1n) is 13.0. The molecule has 0 saturated heterocycles. The van der Waals surface area contributed by atoms with E-state index < -0.39 is 6.16 Å². The maximum Gasteiger partial charge on any atom is 0.0571 e. The van der Waals surface area contributed by atoms with Gasteiger partial charge in [0, 0.05) is 15.8 Å². The van der Waals surface area contributed by atoms with E-state index in [1.807, 2.05) is 0 Å². The van der Waals surface area contributed by atoms with Crippen LogP contribution in [-0.2, 0) is 0 Å². The van der Waals surface area contributed by atoms with Crippen molar-refractivity contribution >= 4 is 22.0 Å². The molecule has 0 spiro atoms. The fourth-order valence-corrected chi connectivity index (χ4v) is 9.93. The first-order chi connectivity index (χ1) is 14.4. The zero-order valence-electron chi connectivity index (χ0n) is 21.5. The van der Waals surface area contributed by atoms with Gasteiger partial charge >= 0.3 is 0 Å². The maximum atomic E-state index is 8.33. The van der Waals surface area contributed by atoms with Gasteiger partial charge in [-0.15, -0.1) is 0 Å². The van der Waals surface area contributed by atoms with Gasteiger partial charge in [-0.3, -0.25) is 0 Å². The average Bonchev–Trinajstić information content (AvgIpc) is 2.72. The Labute approximate surface area is 192 Å². The van der Waals surface area contributed by atoms with Crippen molar-refractivity contribution in [2.24, 2.45) is 0 Å².